The number of hydrogen-bond donors (Lipinski definition) is 1. The van der Waals surface area contributed by atoms with E-state index in [1.165, 1.54) is 25.3 Å². The fourth-order valence-electron chi connectivity index (χ4n) is 3.83. The van der Waals surface area contributed by atoms with Crippen LogP contribution in [-0.2, 0) is 16.9 Å². The highest BCUT2D eigenvalue weighted by atomic mass is 16.6. The molecule has 0 radical (unpaired) electrons. The van der Waals surface area contributed by atoms with Gasteiger partial charge in [0.1, 0.15) is 5.75 Å². The monoisotopic (exact) mass is 417 g/mol. The van der Waals surface area contributed by atoms with Gasteiger partial charge < -0.3 is 10.1 Å². The second-order valence-corrected chi connectivity index (χ2v) is 7.06. The van der Waals surface area contributed by atoms with Gasteiger partial charge in [0.2, 0.25) is 0 Å². The number of carbonyl (C=O) groups is 2. The van der Waals surface area contributed by atoms with Crippen LogP contribution in [0, 0.1) is 10.1 Å². The van der Waals surface area contributed by atoms with Gasteiger partial charge in [0.05, 0.1) is 18.6 Å². The molecule has 31 heavy (non-hydrogen) atoms. The van der Waals surface area contributed by atoms with Crippen LogP contribution < -0.4 is 10.1 Å². The summed E-state index contributed by atoms with van der Waals surface area (Å²) in [5.41, 5.74) is 0.0477. The minimum Gasteiger partial charge on any atom is -0.496 e. The summed E-state index contributed by atoms with van der Waals surface area (Å²) < 4.78 is 5.29. The first-order valence-corrected chi connectivity index (χ1v) is 9.54. The summed E-state index contributed by atoms with van der Waals surface area (Å²) in [5.74, 6) is -0.119. The van der Waals surface area contributed by atoms with Crippen LogP contribution in [-0.4, -0.2) is 28.9 Å². The number of imide groups is 1. The number of hydrogen-bond acceptors (Lipinski definition) is 5. The molecule has 1 aliphatic heterocycles. The van der Waals surface area contributed by atoms with Crippen molar-refractivity contribution in [3.8, 4) is 5.75 Å². The van der Waals surface area contributed by atoms with Gasteiger partial charge in [-0.25, -0.2) is 4.79 Å². The highest BCUT2D eigenvalue weighted by Crippen LogP contribution is 2.37. The zero-order chi connectivity index (χ0) is 22.0. The maximum absolute atomic E-state index is 13.7. The molecule has 0 aliphatic carbocycles. The molecule has 1 saturated heterocycles. The molecule has 156 valence electrons. The van der Waals surface area contributed by atoms with Crippen LogP contribution in [0.2, 0.25) is 0 Å². The Morgan fingerprint density at radius 2 is 1.55 bits per heavy atom. The lowest BCUT2D eigenvalue weighted by Crippen LogP contribution is -2.45. The number of amides is 3. The topological polar surface area (TPSA) is 102 Å². The highest BCUT2D eigenvalue weighted by molar-refractivity contribution is 6.09. The highest BCUT2D eigenvalue weighted by Gasteiger charge is 2.53. The van der Waals surface area contributed by atoms with Gasteiger partial charge >= 0.3 is 6.03 Å². The summed E-state index contributed by atoms with van der Waals surface area (Å²) in [6.45, 7) is -0.170. The van der Waals surface area contributed by atoms with E-state index in [4.69, 9.17) is 4.74 Å². The number of rotatable bonds is 6. The summed E-state index contributed by atoms with van der Waals surface area (Å²) in [7, 11) is 1.43. The Morgan fingerprint density at radius 3 is 2.06 bits per heavy atom. The molecular formula is C23H19N3O5. The number of ether oxygens (including phenoxy) is 1. The molecule has 0 aromatic heterocycles. The van der Waals surface area contributed by atoms with Crippen LogP contribution in [0.1, 0.15) is 16.7 Å². The van der Waals surface area contributed by atoms with Crippen molar-refractivity contribution in [3.05, 3.63) is 106 Å². The molecule has 3 amide bonds. The Bertz CT molecular complexity index is 1110. The van der Waals surface area contributed by atoms with Crippen molar-refractivity contribution < 1.29 is 19.2 Å². The minimum absolute atomic E-state index is 0.153. The average Bonchev–Trinajstić information content (AvgIpc) is 3.05. The molecule has 0 atom stereocenters. The number of nitro benzene ring substituents is 1. The number of benzene rings is 3. The second-order valence-electron chi connectivity index (χ2n) is 7.06. The lowest BCUT2D eigenvalue weighted by molar-refractivity contribution is -0.384. The SMILES string of the molecule is COc1ccc([N+](=O)[O-])cc1CN1C(=O)NC(c2ccccc2)(c2ccccc2)C1=O. The Balaban J connectivity index is 1.79. The van der Waals surface area contributed by atoms with Crippen LogP contribution in [0.5, 0.6) is 5.75 Å². The number of urea groups is 1. The van der Waals surface area contributed by atoms with Gasteiger partial charge in [0.15, 0.2) is 5.54 Å². The van der Waals surface area contributed by atoms with Crippen LogP contribution >= 0.6 is 0 Å². The van der Waals surface area contributed by atoms with E-state index in [1.807, 2.05) is 12.1 Å². The van der Waals surface area contributed by atoms with Crippen molar-refractivity contribution in [2.45, 2.75) is 12.1 Å². The van der Waals surface area contributed by atoms with Gasteiger partial charge in [-0.3, -0.25) is 19.8 Å². The van der Waals surface area contributed by atoms with Gasteiger partial charge in [-0.05, 0) is 17.2 Å². The van der Waals surface area contributed by atoms with E-state index in [9.17, 15) is 19.7 Å². The molecule has 8 heteroatoms. The van der Waals surface area contributed by atoms with E-state index in [0.717, 1.165) is 4.90 Å². The van der Waals surface area contributed by atoms with Crippen molar-refractivity contribution in [2.24, 2.45) is 0 Å². The summed E-state index contributed by atoms with van der Waals surface area (Å²) >= 11 is 0. The lowest BCUT2D eigenvalue weighted by atomic mass is 9.82. The first kappa shape index (κ1) is 20.1. The number of nitrogens with one attached hydrogen (secondary N) is 1. The van der Waals surface area contributed by atoms with Crippen LogP contribution in [0.15, 0.2) is 78.9 Å². The number of carbonyl (C=O) groups excluding carboxylic acids is 2. The van der Waals surface area contributed by atoms with Crippen LogP contribution in [0.4, 0.5) is 10.5 Å². The summed E-state index contributed by atoms with van der Waals surface area (Å²) in [6, 6.07) is 21.5. The van der Waals surface area contributed by atoms with Crippen LogP contribution in [0.25, 0.3) is 0 Å². The number of nitrogens with zero attached hydrogens (tertiary/aromatic N) is 2. The molecule has 0 spiro atoms. The minimum atomic E-state index is -1.40. The third kappa shape index (κ3) is 3.38. The lowest BCUT2D eigenvalue weighted by Gasteiger charge is -2.28. The van der Waals surface area contributed by atoms with E-state index in [1.54, 1.807) is 48.5 Å². The third-order valence-electron chi connectivity index (χ3n) is 5.32. The smallest absolute Gasteiger partial charge is 0.325 e. The molecule has 3 aromatic carbocycles. The first-order chi connectivity index (χ1) is 15.0. The summed E-state index contributed by atoms with van der Waals surface area (Å²) in [6.07, 6.45) is 0. The molecule has 1 heterocycles. The molecule has 0 unspecified atom stereocenters. The summed E-state index contributed by atoms with van der Waals surface area (Å²) in [4.78, 5) is 38.4. The molecule has 1 fully saturated rings. The van der Waals surface area contributed by atoms with Gasteiger partial charge in [0.25, 0.3) is 11.6 Å². The zero-order valence-corrected chi connectivity index (χ0v) is 16.6. The van der Waals surface area contributed by atoms with Crippen LogP contribution in [0.3, 0.4) is 0 Å². The van der Waals surface area contributed by atoms with E-state index in [-0.39, 0.29) is 12.2 Å². The van der Waals surface area contributed by atoms with Crippen molar-refractivity contribution in [1.82, 2.24) is 10.2 Å². The predicted octanol–water partition coefficient (Wildman–Crippen LogP) is 3.60. The molecule has 8 nitrogen and oxygen atoms in total. The number of non-ortho nitro benzene ring substituents is 1. The van der Waals surface area contributed by atoms with E-state index in [0.29, 0.717) is 22.4 Å². The fourth-order valence-corrected chi connectivity index (χ4v) is 3.83. The largest absolute Gasteiger partial charge is 0.496 e. The van der Waals surface area contributed by atoms with E-state index < -0.39 is 22.4 Å². The van der Waals surface area contributed by atoms with Gasteiger partial charge in [-0.1, -0.05) is 60.7 Å². The Kier molecular flexibility index (Phi) is 5.12. The van der Waals surface area contributed by atoms with Gasteiger partial charge in [-0.15, -0.1) is 0 Å². The van der Waals surface area contributed by atoms with Crippen molar-refractivity contribution in [1.29, 1.82) is 0 Å². The molecule has 1 N–H and O–H groups in total. The van der Waals surface area contributed by atoms with E-state index in [2.05, 4.69) is 5.32 Å². The second kappa shape index (κ2) is 7.91. The van der Waals surface area contributed by atoms with E-state index >= 15 is 0 Å². The molecule has 0 bridgehead atoms. The molecule has 4 rings (SSSR count). The molecular weight excluding hydrogens is 398 g/mol. The molecule has 0 saturated carbocycles. The molecule has 1 aliphatic rings. The van der Waals surface area contributed by atoms with Gasteiger partial charge in [0, 0.05) is 17.7 Å². The Morgan fingerprint density at radius 1 is 0.968 bits per heavy atom. The summed E-state index contributed by atoms with van der Waals surface area (Å²) in [5, 5.41) is 14.1. The third-order valence-corrected chi connectivity index (χ3v) is 5.32. The number of nitro groups is 1. The standard InChI is InChI=1S/C23H19N3O5/c1-31-20-13-12-19(26(29)30)14-16(20)15-25-21(27)23(24-22(25)28,17-8-4-2-5-9-17)18-10-6-3-7-11-18/h2-14H,15H2,1H3,(H,24,28). The predicted molar refractivity (Wildman–Crippen MR) is 112 cm³/mol. The average molecular weight is 417 g/mol. The fraction of sp³-hybridized carbons (Fsp3) is 0.130. The normalized spacial score (nSPS) is 14.9. The maximum Gasteiger partial charge on any atom is 0.325 e. The quantitative estimate of drug-likeness (QED) is 0.375. The van der Waals surface area contributed by atoms with Crippen molar-refractivity contribution in [3.63, 3.8) is 0 Å². The Labute approximate surface area is 178 Å². The zero-order valence-electron chi connectivity index (χ0n) is 16.6. The van der Waals surface area contributed by atoms with Crippen molar-refractivity contribution >= 4 is 17.6 Å². The maximum atomic E-state index is 13.7. The van der Waals surface area contributed by atoms with Gasteiger partial charge in [-0.2, -0.15) is 0 Å². The number of methoxy groups -OCH3 is 1. The van der Waals surface area contributed by atoms with Crippen molar-refractivity contribution in [2.75, 3.05) is 7.11 Å². The molecule has 3 aromatic rings. The first-order valence-electron chi connectivity index (χ1n) is 9.54. The Hall–Kier alpha value is -4.20.